The van der Waals surface area contributed by atoms with Crippen molar-refractivity contribution in [1.82, 2.24) is 9.97 Å². The van der Waals surface area contributed by atoms with E-state index in [1.165, 1.54) is 17.8 Å². The molecule has 1 atom stereocenters. The van der Waals surface area contributed by atoms with E-state index >= 15 is 0 Å². The normalized spacial score (nSPS) is 16.9. The van der Waals surface area contributed by atoms with Crippen molar-refractivity contribution in [2.75, 3.05) is 18.5 Å². The largest absolute Gasteiger partial charge is 0.376 e. The molecule has 0 amide bonds. The van der Waals surface area contributed by atoms with E-state index in [0.29, 0.717) is 16.5 Å². The molecule has 1 unspecified atom stereocenters. The molecular weight excluding hydrogens is 349 g/mol. The minimum absolute atomic E-state index is 0.197. The van der Waals surface area contributed by atoms with E-state index in [4.69, 9.17) is 4.74 Å². The molecule has 2 aromatic carbocycles. The molecule has 4 nitrogen and oxygen atoms in total. The van der Waals surface area contributed by atoms with Crippen LogP contribution in [0.15, 0.2) is 53.7 Å². The van der Waals surface area contributed by atoms with Gasteiger partial charge in [0, 0.05) is 24.3 Å². The van der Waals surface area contributed by atoms with Crippen LogP contribution in [0.1, 0.15) is 18.4 Å². The van der Waals surface area contributed by atoms with Crippen molar-refractivity contribution < 1.29 is 9.13 Å². The van der Waals surface area contributed by atoms with Crippen molar-refractivity contribution in [2.24, 2.45) is 0 Å². The molecule has 1 aromatic heterocycles. The Kier molecular flexibility index (Phi) is 5.32. The third-order valence-corrected chi connectivity index (χ3v) is 5.31. The molecule has 1 aliphatic heterocycles. The van der Waals surface area contributed by atoms with Crippen molar-refractivity contribution >= 4 is 28.5 Å². The summed E-state index contributed by atoms with van der Waals surface area (Å²) in [6.07, 6.45) is 2.42. The quantitative estimate of drug-likeness (QED) is 0.506. The summed E-state index contributed by atoms with van der Waals surface area (Å²) >= 11 is 1.44. The second-order valence-electron chi connectivity index (χ2n) is 6.27. The molecule has 6 heteroatoms. The zero-order chi connectivity index (χ0) is 17.8. The van der Waals surface area contributed by atoms with Crippen LogP contribution in [0, 0.1) is 5.82 Å². The Hall–Kier alpha value is -2.18. The third kappa shape index (κ3) is 3.97. The molecule has 0 bridgehead atoms. The van der Waals surface area contributed by atoms with Crippen LogP contribution >= 0.6 is 11.8 Å². The van der Waals surface area contributed by atoms with Gasteiger partial charge in [0.2, 0.25) is 0 Å². The Morgan fingerprint density at radius 3 is 2.81 bits per heavy atom. The van der Waals surface area contributed by atoms with Gasteiger partial charge in [0.1, 0.15) is 11.6 Å². The maximum atomic E-state index is 13.8. The van der Waals surface area contributed by atoms with Gasteiger partial charge in [-0.25, -0.2) is 14.4 Å². The first kappa shape index (κ1) is 17.2. The fraction of sp³-hybridized carbons (Fsp3) is 0.300. The standard InChI is InChI=1S/C20H20FN3OS/c21-17-9-3-1-6-14(17)13-26-20-23-18-10-4-2-8-16(18)19(24-20)22-12-15-7-5-11-25-15/h1-4,6,8-10,15H,5,7,11-13H2,(H,22,23,24). The smallest absolute Gasteiger partial charge is 0.190 e. The highest BCUT2D eigenvalue weighted by molar-refractivity contribution is 7.98. The molecule has 1 aliphatic rings. The van der Waals surface area contributed by atoms with Gasteiger partial charge in [-0.3, -0.25) is 0 Å². The van der Waals surface area contributed by atoms with Crippen LogP contribution in [0.5, 0.6) is 0 Å². The molecule has 134 valence electrons. The molecule has 3 aromatic rings. The number of anilines is 1. The van der Waals surface area contributed by atoms with Crippen molar-refractivity contribution in [3.63, 3.8) is 0 Å². The van der Waals surface area contributed by atoms with E-state index < -0.39 is 0 Å². The lowest BCUT2D eigenvalue weighted by Gasteiger charge is -2.14. The van der Waals surface area contributed by atoms with E-state index in [1.807, 2.05) is 30.3 Å². The molecule has 4 rings (SSSR count). The maximum Gasteiger partial charge on any atom is 0.190 e. The van der Waals surface area contributed by atoms with Gasteiger partial charge in [-0.1, -0.05) is 42.1 Å². The number of nitrogens with zero attached hydrogens (tertiary/aromatic N) is 2. The number of nitrogens with one attached hydrogen (secondary N) is 1. The summed E-state index contributed by atoms with van der Waals surface area (Å²) in [5.41, 5.74) is 1.54. The van der Waals surface area contributed by atoms with Crippen LogP contribution in [0.4, 0.5) is 10.2 Å². The highest BCUT2D eigenvalue weighted by atomic mass is 32.2. The first-order valence-electron chi connectivity index (χ1n) is 8.78. The number of thioether (sulfide) groups is 1. The van der Waals surface area contributed by atoms with E-state index in [2.05, 4.69) is 15.3 Å². The first-order chi connectivity index (χ1) is 12.8. The van der Waals surface area contributed by atoms with Crippen molar-refractivity contribution in [3.8, 4) is 0 Å². The fourth-order valence-electron chi connectivity index (χ4n) is 3.03. The maximum absolute atomic E-state index is 13.8. The Bertz CT molecular complexity index is 899. The predicted molar refractivity (Wildman–Crippen MR) is 103 cm³/mol. The van der Waals surface area contributed by atoms with Gasteiger partial charge >= 0.3 is 0 Å². The highest BCUT2D eigenvalue weighted by Gasteiger charge is 2.16. The fourth-order valence-corrected chi connectivity index (χ4v) is 3.87. The summed E-state index contributed by atoms with van der Waals surface area (Å²) in [5, 5.41) is 5.04. The second kappa shape index (κ2) is 8.01. The molecule has 1 N–H and O–H groups in total. The van der Waals surface area contributed by atoms with Gasteiger partial charge in [-0.05, 0) is 36.6 Å². The Morgan fingerprint density at radius 2 is 1.96 bits per heavy atom. The third-order valence-electron chi connectivity index (χ3n) is 4.42. The summed E-state index contributed by atoms with van der Waals surface area (Å²) in [5.74, 6) is 1.11. The van der Waals surface area contributed by atoms with Crippen LogP contribution in [0.25, 0.3) is 10.9 Å². The van der Waals surface area contributed by atoms with Gasteiger partial charge in [-0.15, -0.1) is 0 Å². The van der Waals surface area contributed by atoms with Crippen molar-refractivity contribution in [3.05, 3.63) is 59.9 Å². The van der Waals surface area contributed by atoms with Crippen molar-refractivity contribution in [2.45, 2.75) is 29.9 Å². The monoisotopic (exact) mass is 369 g/mol. The summed E-state index contributed by atoms with van der Waals surface area (Å²) in [7, 11) is 0. The van der Waals surface area contributed by atoms with Crippen molar-refractivity contribution in [1.29, 1.82) is 0 Å². The second-order valence-corrected chi connectivity index (χ2v) is 7.21. The SMILES string of the molecule is Fc1ccccc1CSc1nc(NCC2CCCO2)c2ccccc2n1. The van der Waals surface area contributed by atoms with Crippen LogP contribution in [-0.4, -0.2) is 29.2 Å². The number of rotatable bonds is 6. The van der Waals surface area contributed by atoms with Gasteiger partial charge in [0.25, 0.3) is 0 Å². The number of para-hydroxylation sites is 1. The molecule has 1 saturated heterocycles. The van der Waals surface area contributed by atoms with Crippen LogP contribution in [0.3, 0.4) is 0 Å². The molecular formula is C20H20FN3OS. The van der Waals surface area contributed by atoms with Crippen LogP contribution < -0.4 is 5.32 Å². The highest BCUT2D eigenvalue weighted by Crippen LogP contribution is 2.27. The van der Waals surface area contributed by atoms with E-state index in [0.717, 1.165) is 42.7 Å². The number of ether oxygens (including phenoxy) is 1. The Labute approximate surface area is 156 Å². The molecule has 0 saturated carbocycles. The molecule has 26 heavy (non-hydrogen) atoms. The topological polar surface area (TPSA) is 47.0 Å². The van der Waals surface area contributed by atoms with E-state index in [9.17, 15) is 4.39 Å². The predicted octanol–water partition coefficient (Wildman–Crippen LogP) is 4.65. The summed E-state index contributed by atoms with van der Waals surface area (Å²) < 4.78 is 19.5. The van der Waals surface area contributed by atoms with Crippen LogP contribution in [0.2, 0.25) is 0 Å². The molecule has 0 spiro atoms. The summed E-state index contributed by atoms with van der Waals surface area (Å²) in [4.78, 5) is 9.29. The minimum atomic E-state index is -0.197. The lowest BCUT2D eigenvalue weighted by molar-refractivity contribution is 0.120. The zero-order valence-corrected chi connectivity index (χ0v) is 15.1. The lowest BCUT2D eigenvalue weighted by Crippen LogP contribution is -2.19. The van der Waals surface area contributed by atoms with Gasteiger partial charge < -0.3 is 10.1 Å². The minimum Gasteiger partial charge on any atom is -0.376 e. The molecule has 0 radical (unpaired) electrons. The van der Waals surface area contributed by atoms with Gasteiger partial charge in [0.05, 0.1) is 11.6 Å². The number of benzene rings is 2. The average molecular weight is 369 g/mol. The zero-order valence-electron chi connectivity index (χ0n) is 14.3. The number of fused-ring (bicyclic) bond motifs is 1. The van der Waals surface area contributed by atoms with E-state index in [-0.39, 0.29) is 11.9 Å². The average Bonchev–Trinajstić information content (AvgIpc) is 3.19. The molecule has 2 heterocycles. The summed E-state index contributed by atoms with van der Waals surface area (Å²) in [6.45, 7) is 1.57. The molecule has 1 fully saturated rings. The number of halogens is 1. The Balaban J connectivity index is 1.55. The first-order valence-corrected chi connectivity index (χ1v) is 9.76. The Morgan fingerprint density at radius 1 is 1.12 bits per heavy atom. The van der Waals surface area contributed by atoms with Crippen LogP contribution in [-0.2, 0) is 10.5 Å². The van der Waals surface area contributed by atoms with E-state index in [1.54, 1.807) is 12.1 Å². The number of hydrogen-bond acceptors (Lipinski definition) is 5. The lowest BCUT2D eigenvalue weighted by atomic mass is 10.2. The molecule has 0 aliphatic carbocycles. The number of aromatic nitrogens is 2. The number of hydrogen-bond donors (Lipinski definition) is 1. The van der Waals surface area contributed by atoms with Gasteiger partial charge in [-0.2, -0.15) is 0 Å². The summed E-state index contributed by atoms with van der Waals surface area (Å²) in [6, 6.07) is 14.7. The van der Waals surface area contributed by atoms with Gasteiger partial charge in [0.15, 0.2) is 5.16 Å².